The summed E-state index contributed by atoms with van der Waals surface area (Å²) in [6, 6.07) is 7.38. The molecule has 2 rings (SSSR count). The summed E-state index contributed by atoms with van der Waals surface area (Å²) in [6.45, 7) is 3.58. The molecule has 0 saturated heterocycles. The van der Waals surface area contributed by atoms with E-state index < -0.39 is 0 Å². The molecule has 0 aliphatic carbocycles. The molecule has 0 radical (unpaired) electrons. The van der Waals surface area contributed by atoms with Gasteiger partial charge in [0.15, 0.2) is 0 Å². The molecule has 0 spiro atoms. The monoisotopic (exact) mass is 273 g/mol. The number of aryl methyl sites for hydroxylation is 1. The van der Waals surface area contributed by atoms with Crippen molar-refractivity contribution in [3.63, 3.8) is 0 Å². The smallest absolute Gasteiger partial charge is 0.253 e. The number of halogens is 1. The van der Waals surface area contributed by atoms with E-state index in [4.69, 9.17) is 5.73 Å². The summed E-state index contributed by atoms with van der Waals surface area (Å²) in [5.74, 6) is -0.553. The maximum absolute atomic E-state index is 12.9. The molecule has 3 N–H and O–H groups in total. The van der Waals surface area contributed by atoms with Crippen LogP contribution in [0.4, 0.5) is 10.1 Å². The zero-order chi connectivity index (χ0) is 14.7. The van der Waals surface area contributed by atoms with Crippen LogP contribution in [-0.2, 0) is 0 Å². The number of hydrogen-bond acceptors (Lipinski definition) is 3. The van der Waals surface area contributed by atoms with E-state index in [0.29, 0.717) is 16.9 Å². The van der Waals surface area contributed by atoms with Gasteiger partial charge < -0.3 is 11.1 Å². The molecular formula is C15H16FN3O. The van der Waals surface area contributed by atoms with E-state index in [9.17, 15) is 9.18 Å². The molecule has 1 aromatic carbocycles. The lowest BCUT2D eigenvalue weighted by Gasteiger charge is -2.15. The maximum Gasteiger partial charge on any atom is 0.253 e. The molecule has 1 heterocycles. The van der Waals surface area contributed by atoms with Crippen LogP contribution in [-0.4, -0.2) is 10.9 Å². The first-order valence-corrected chi connectivity index (χ1v) is 6.26. The first-order chi connectivity index (χ1) is 9.47. The van der Waals surface area contributed by atoms with Gasteiger partial charge in [0.05, 0.1) is 29.2 Å². The normalized spacial score (nSPS) is 11.9. The molecule has 0 saturated carbocycles. The minimum atomic E-state index is -0.303. The number of nitrogen functional groups attached to an aromatic ring is 1. The number of carbonyl (C=O) groups is 1. The number of aromatic nitrogens is 1. The van der Waals surface area contributed by atoms with Crippen LogP contribution in [0.2, 0.25) is 0 Å². The third-order valence-electron chi connectivity index (χ3n) is 3.07. The number of pyridine rings is 1. The van der Waals surface area contributed by atoms with Crippen LogP contribution < -0.4 is 11.1 Å². The number of hydrogen-bond donors (Lipinski definition) is 2. The van der Waals surface area contributed by atoms with Gasteiger partial charge in [-0.3, -0.25) is 9.78 Å². The quantitative estimate of drug-likeness (QED) is 0.903. The second-order valence-corrected chi connectivity index (χ2v) is 4.65. The highest BCUT2D eigenvalue weighted by atomic mass is 19.1. The Morgan fingerprint density at radius 2 is 2.00 bits per heavy atom. The van der Waals surface area contributed by atoms with Crippen molar-refractivity contribution in [2.75, 3.05) is 5.73 Å². The molecule has 1 atom stereocenters. The largest absolute Gasteiger partial charge is 0.397 e. The number of carbonyl (C=O) groups excluding carboxylic acids is 1. The van der Waals surface area contributed by atoms with Crippen molar-refractivity contribution >= 4 is 11.6 Å². The Labute approximate surface area is 116 Å². The average Bonchev–Trinajstić information content (AvgIpc) is 2.42. The van der Waals surface area contributed by atoms with Crippen molar-refractivity contribution in [1.82, 2.24) is 10.3 Å². The third-order valence-corrected chi connectivity index (χ3v) is 3.07. The number of nitrogens with zero attached hydrogens (tertiary/aromatic N) is 1. The summed E-state index contributed by atoms with van der Waals surface area (Å²) in [7, 11) is 0. The Morgan fingerprint density at radius 1 is 1.35 bits per heavy atom. The van der Waals surface area contributed by atoms with Crippen LogP contribution in [0.25, 0.3) is 0 Å². The molecule has 104 valence electrons. The molecule has 2 aromatic rings. The Morgan fingerprint density at radius 3 is 2.65 bits per heavy atom. The predicted octanol–water partition coefficient (Wildman–Crippen LogP) is 2.60. The molecule has 0 bridgehead atoms. The Balaban J connectivity index is 2.15. The molecule has 0 fully saturated rings. The van der Waals surface area contributed by atoms with Crippen molar-refractivity contribution in [2.45, 2.75) is 19.9 Å². The van der Waals surface area contributed by atoms with Gasteiger partial charge in [0, 0.05) is 0 Å². The summed E-state index contributed by atoms with van der Waals surface area (Å²) >= 11 is 0. The number of rotatable bonds is 3. The van der Waals surface area contributed by atoms with E-state index in [2.05, 4.69) is 10.3 Å². The van der Waals surface area contributed by atoms with E-state index in [1.165, 1.54) is 18.3 Å². The summed E-state index contributed by atoms with van der Waals surface area (Å²) in [6.07, 6.45) is 1.51. The Kier molecular flexibility index (Phi) is 3.98. The molecule has 1 amide bonds. The molecule has 0 aliphatic heterocycles. The predicted molar refractivity (Wildman–Crippen MR) is 75.7 cm³/mol. The van der Waals surface area contributed by atoms with Crippen molar-refractivity contribution in [1.29, 1.82) is 0 Å². The SMILES string of the molecule is Cc1ncc(N)cc1C(=O)NC(C)c1ccc(F)cc1. The topological polar surface area (TPSA) is 68.0 Å². The molecular weight excluding hydrogens is 257 g/mol. The lowest BCUT2D eigenvalue weighted by atomic mass is 10.1. The molecule has 5 heteroatoms. The second-order valence-electron chi connectivity index (χ2n) is 4.65. The van der Waals surface area contributed by atoms with E-state index in [-0.39, 0.29) is 17.8 Å². The first kappa shape index (κ1) is 14.0. The van der Waals surface area contributed by atoms with E-state index >= 15 is 0 Å². The lowest BCUT2D eigenvalue weighted by Crippen LogP contribution is -2.27. The van der Waals surface area contributed by atoms with Crippen molar-refractivity contribution in [3.8, 4) is 0 Å². The molecule has 0 aliphatic rings. The number of anilines is 1. The fraction of sp³-hybridized carbons (Fsp3) is 0.200. The fourth-order valence-electron chi connectivity index (χ4n) is 1.89. The highest BCUT2D eigenvalue weighted by Gasteiger charge is 2.14. The minimum Gasteiger partial charge on any atom is -0.397 e. The lowest BCUT2D eigenvalue weighted by molar-refractivity contribution is 0.0939. The van der Waals surface area contributed by atoms with Gasteiger partial charge in [-0.2, -0.15) is 0 Å². The zero-order valence-electron chi connectivity index (χ0n) is 11.4. The highest BCUT2D eigenvalue weighted by molar-refractivity contribution is 5.96. The van der Waals surface area contributed by atoms with E-state index in [0.717, 1.165) is 5.56 Å². The third kappa shape index (κ3) is 3.12. The van der Waals surface area contributed by atoms with E-state index in [1.807, 2.05) is 6.92 Å². The van der Waals surface area contributed by atoms with Gasteiger partial charge in [0.2, 0.25) is 0 Å². The molecule has 20 heavy (non-hydrogen) atoms. The standard InChI is InChI=1S/C15H16FN3O/c1-9(11-3-5-12(16)6-4-11)19-15(20)14-7-13(17)8-18-10(14)2/h3-9H,17H2,1-2H3,(H,19,20). The second kappa shape index (κ2) is 5.69. The minimum absolute atomic E-state index is 0.232. The first-order valence-electron chi connectivity index (χ1n) is 6.26. The van der Waals surface area contributed by atoms with Gasteiger partial charge >= 0.3 is 0 Å². The summed E-state index contributed by atoms with van der Waals surface area (Å²) < 4.78 is 12.9. The van der Waals surface area contributed by atoms with Crippen LogP contribution in [0.3, 0.4) is 0 Å². The Hall–Kier alpha value is -2.43. The Bertz CT molecular complexity index is 626. The van der Waals surface area contributed by atoms with E-state index in [1.54, 1.807) is 25.1 Å². The average molecular weight is 273 g/mol. The summed E-state index contributed by atoms with van der Waals surface area (Å²) in [5.41, 5.74) is 7.97. The fourth-order valence-corrected chi connectivity index (χ4v) is 1.89. The van der Waals surface area contributed by atoms with Gasteiger partial charge in [-0.05, 0) is 37.6 Å². The molecule has 1 unspecified atom stereocenters. The zero-order valence-corrected chi connectivity index (χ0v) is 11.4. The molecule has 4 nitrogen and oxygen atoms in total. The van der Waals surface area contributed by atoms with Gasteiger partial charge in [-0.25, -0.2) is 4.39 Å². The van der Waals surface area contributed by atoms with Crippen LogP contribution in [0, 0.1) is 12.7 Å². The van der Waals surface area contributed by atoms with Crippen LogP contribution in [0.1, 0.15) is 34.6 Å². The van der Waals surface area contributed by atoms with Gasteiger partial charge in [0.1, 0.15) is 5.82 Å². The molecule has 1 aromatic heterocycles. The summed E-state index contributed by atoms with van der Waals surface area (Å²) in [5, 5.41) is 2.84. The maximum atomic E-state index is 12.9. The van der Waals surface area contributed by atoms with Gasteiger partial charge in [-0.15, -0.1) is 0 Å². The van der Waals surface area contributed by atoms with Crippen LogP contribution in [0.5, 0.6) is 0 Å². The van der Waals surface area contributed by atoms with Gasteiger partial charge in [0.25, 0.3) is 5.91 Å². The van der Waals surface area contributed by atoms with Crippen molar-refractivity contribution in [3.05, 3.63) is 59.2 Å². The number of nitrogens with one attached hydrogen (secondary N) is 1. The van der Waals surface area contributed by atoms with Crippen LogP contribution in [0.15, 0.2) is 36.5 Å². The van der Waals surface area contributed by atoms with Gasteiger partial charge in [-0.1, -0.05) is 12.1 Å². The van der Waals surface area contributed by atoms with Crippen LogP contribution >= 0.6 is 0 Å². The number of amides is 1. The van der Waals surface area contributed by atoms with Crippen molar-refractivity contribution in [2.24, 2.45) is 0 Å². The number of benzene rings is 1. The van der Waals surface area contributed by atoms with Crippen molar-refractivity contribution < 1.29 is 9.18 Å². The summed E-state index contributed by atoms with van der Waals surface area (Å²) in [4.78, 5) is 16.2. The highest BCUT2D eigenvalue weighted by Crippen LogP contribution is 2.15. The number of nitrogens with two attached hydrogens (primary N) is 1.